The van der Waals surface area contributed by atoms with E-state index in [0.717, 1.165) is 4.88 Å². The minimum Gasteiger partial charge on any atom is -0.308 e. The van der Waals surface area contributed by atoms with Crippen LogP contribution in [-0.4, -0.2) is 44.8 Å². The standard InChI is InChI=1S/C16H21FN2O2S2/c1-13-8-9-16(22-13)23(20,21)19(11-10-18(2)3)12-14-6-4-5-7-15(14)17/h4-9H,10-12H2,1-3H3. The van der Waals surface area contributed by atoms with Gasteiger partial charge in [0.05, 0.1) is 0 Å². The van der Waals surface area contributed by atoms with Gasteiger partial charge in [0.2, 0.25) is 0 Å². The molecule has 0 N–H and O–H groups in total. The molecule has 0 bridgehead atoms. The smallest absolute Gasteiger partial charge is 0.252 e. The second-order valence-corrected chi connectivity index (χ2v) is 9.05. The van der Waals surface area contributed by atoms with E-state index in [-0.39, 0.29) is 12.4 Å². The van der Waals surface area contributed by atoms with Crippen molar-refractivity contribution in [2.45, 2.75) is 17.7 Å². The highest BCUT2D eigenvalue weighted by molar-refractivity contribution is 7.91. The minimum atomic E-state index is -3.63. The number of benzene rings is 1. The monoisotopic (exact) mass is 356 g/mol. The summed E-state index contributed by atoms with van der Waals surface area (Å²) in [6.45, 7) is 2.77. The number of sulfonamides is 1. The van der Waals surface area contributed by atoms with E-state index in [2.05, 4.69) is 0 Å². The van der Waals surface area contributed by atoms with Gasteiger partial charge in [-0.2, -0.15) is 4.31 Å². The van der Waals surface area contributed by atoms with Gasteiger partial charge in [-0.05, 0) is 39.2 Å². The van der Waals surface area contributed by atoms with Gasteiger partial charge in [-0.1, -0.05) is 18.2 Å². The highest BCUT2D eigenvalue weighted by Crippen LogP contribution is 2.26. The lowest BCUT2D eigenvalue weighted by atomic mass is 10.2. The molecule has 4 nitrogen and oxygen atoms in total. The Hall–Kier alpha value is -1.28. The number of halogens is 1. The van der Waals surface area contributed by atoms with Crippen molar-refractivity contribution in [3.8, 4) is 0 Å². The molecule has 0 radical (unpaired) electrons. The largest absolute Gasteiger partial charge is 0.308 e. The Bertz CT molecular complexity index is 757. The zero-order chi connectivity index (χ0) is 17.0. The van der Waals surface area contributed by atoms with Gasteiger partial charge in [-0.15, -0.1) is 11.3 Å². The van der Waals surface area contributed by atoms with Crippen molar-refractivity contribution in [3.05, 3.63) is 52.7 Å². The van der Waals surface area contributed by atoms with Crippen LogP contribution < -0.4 is 0 Å². The summed E-state index contributed by atoms with van der Waals surface area (Å²) >= 11 is 1.24. The summed E-state index contributed by atoms with van der Waals surface area (Å²) in [6.07, 6.45) is 0. The van der Waals surface area contributed by atoms with E-state index in [1.165, 1.54) is 21.7 Å². The van der Waals surface area contributed by atoms with Crippen molar-refractivity contribution < 1.29 is 12.8 Å². The number of nitrogens with zero attached hydrogens (tertiary/aromatic N) is 2. The number of likely N-dealkylation sites (N-methyl/N-ethyl adjacent to an activating group) is 1. The van der Waals surface area contributed by atoms with Gasteiger partial charge in [0, 0.05) is 30.1 Å². The molecule has 7 heteroatoms. The summed E-state index contributed by atoms with van der Waals surface area (Å²) in [5.74, 6) is -0.389. The molecule has 0 aliphatic rings. The molecule has 0 aliphatic carbocycles. The van der Waals surface area contributed by atoms with Crippen LogP contribution in [-0.2, 0) is 16.6 Å². The topological polar surface area (TPSA) is 40.6 Å². The average molecular weight is 356 g/mol. The van der Waals surface area contributed by atoms with Crippen molar-refractivity contribution in [1.82, 2.24) is 9.21 Å². The van der Waals surface area contributed by atoms with Crippen molar-refractivity contribution >= 4 is 21.4 Å². The van der Waals surface area contributed by atoms with E-state index in [9.17, 15) is 12.8 Å². The molecule has 0 spiro atoms. The maximum Gasteiger partial charge on any atom is 0.252 e. The third-order valence-corrected chi connectivity index (χ3v) is 6.72. The SMILES string of the molecule is Cc1ccc(S(=O)(=O)N(CCN(C)C)Cc2ccccc2F)s1. The summed E-state index contributed by atoms with van der Waals surface area (Å²) in [7, 11) is 0.124. The number of hydrogen-bond acceptors (Lipinski definition) is 4. The predicted molar refractivity (Wildman–Crippen MR) is 91.6 cm³/mol. The van der Waals surface area contributed by atoms with Crippen molar-refractivity contribution in [3.63, 3.8) is 0 Å². The lowest BCUT2D eigenvalue weighted by Crippen LogP contribution is -2.36. The van der Waals surface area contributed by atoms with E-state index in [0.29, 0.717) is 22.9 Å². The molecule has 126 valence electrons. The average Bonchev–Trinajstić information content (AvgIpc) is 2.92. The maximum absolute atomic E-state index is 13.9. The van der Waals surface area contributed by atoms with Gasteiger partial charge in [0.25, 0.3) is 10.0 Å². The normalized spacial score (nSPS) is 12.3. The lowest BCUT2D eigenvalue weighted by Gasteiger charge is -2.23. The van der Waals surface area contributed by atoms with Gasteiger partial charge in [-0.25, -0.2) is 12.8 Å². The predicted octanol–water partition coefficient (Wildman–Crippen LogP) is 2.95. The molecule has 0 unspecified atom stereocenters. The molecular formula is C16H21FN2O2S2. The van der Waals surface area contributed by atoms with Crippen molar-refractivity contribution in [1.29, 1.82) is 0 Å². The van der Waals surface area contributed by atoms with E-state index in [1.54, 1.807) is 30.3 Å². The van der Waals surface area contributed by atoms with Gasteiger partial charge < -0.3 is 4.90 Å². The van der Waals surface area contributed by atoms with Crippen LogP contribution in [0.1, 0.15) is 10.4 Å². The van der Waals surface area contributed by atoms with Crippen LogP contribution in [0.4, 0.5) is 4.39 Å². The van der Waals surface area contributed by atoms with Crippen LogP contribution in [0, 0.1) is 12.7 Å². The van der Waals surface area contributed by atoms with Gasteiger partial charge in [0.1, 0.15) is 10.0 Å². The molecular weight excluding hydrogens is 335 g/mol. The van der Waals surface area contributed by atoms with Crippen LogP contribution in [0.15, 0.2) is 40.6 Å². The van der Waals surface area contributed by atoms with Gasteiger partial charge >= 0.3 is 0 Å². The Morgan fingerprint density at radius 3 is 2.35 bits per heavy atom. The quantitative estimate of drug-likeness (QED) is 0.766. The van der Waals surface area contributed by atoms with Crippen LogP contribution in [0.3, 0.4) is 0 Å². The molecule has 23 heavy (non-hydrogen) atoms. The Labute approximate surface area is 141 Å². The minimum absolute atomic E-state index is 0.0276. The molecule has 0 amide bonds. The Balaban J connectivity index is 2.32. The van der Waals surface area contributed by atoms with Gasteiger partial charge in [0.15, 0.2) is 0 Å². The van der Waals surface area contributed by atoms with Crippen molar-refractivity contribution in [2.75, 3.05) is 27.2 Å². The third-order valence-electron chi connectivity index (χ3n) is 3.41. The summed E-state index contributed by atoms with van der Waals surface area (Å²) in [5, 5.41) is 0. The first-order valence-electron chi connectivity index (χ1n) is 7.25. The molecule has 0 saturated heterocycles. The molecule has 1 heterocycles. The summed E-state index contributed by atoms with van der Waals surface area (Å²) < 4.78 is 41.3. The van der Waals surface area contributed by atoms with Crippen LogP contribution >= 0.6 is 11.3 Å². The van der Waals surface area contributed by atoms with Crippen LogP contribution in [0.2, 0.25) is 0 Å². The fourth-order valence-corrected chi connectivity index (χ4v) is 4.94. The maximum atomic E-state index is 13.9. The molecule has 1 aromatic carbocycles. The van der Waals surface area contributed by atoms with E-state index in [4.69, 9.17) is 0 Å². The first-order chi connectivity index (χ1) is 10.8. The third kappa shape index (κ3) is 4.60. The van der Waals surface area contributed by atoms with E-state index >= 15 is 0 Å². The molecule has 0 saturated carbocycles. The summed E-state index contributed by atoms with van der Waals surface area (Å²) in [6, 6.07) is 9.67. The van der Waals surface area contributed by atoms with E-state index in [1.807, 2.05) is 25.9 Å². The van der Waals surface area contributed by atoms with Crippen molar-refractivity contribution in [2.24, 2.45) is 0 Å². The molecule has 0 fully saturated rings. The molecule has 2 aromatic rings. The fraction of sp³-hybridized carbons (Fsp3) is 0.375. The second-order valence-electron chi connectivity index (χ2n) is 5.60. The fourth-order valence-electron chi connectivity index (χ4n) is 2.09. The second kappa shape index (κ2) is 7.53. The van der Waals surface area contributed by atoms with Crippen LogP contribution in [0.5, 0.6) is 0 Å². The number of thiophene rings is 1. The number of hydrogen-bond donors (Lipinski definition) is 0. The molecule has 1 aromatic heterocycles. The summed E-state index contributed by atoms with van der Waals surface area (Å²) in [4.78, 5) is 2.84. The van der Waals surface area contributed by atoms with Gasteiger partial charge in [-0.3, -0.25) is 0 Å². The summed E-state index contributed by atoms with van der Waals surface area (Å²) in [5.41, 5.74) is 0.378. The Kier molecular flexibility index (Phi) is 5.91. The molecule has 0 atom stereocenters. The number of aryl methyl sites for hydroxylation is 1. The highest BCUT2D eigenvalue weighted by Gasteiger charge is 2.26. The number of rotatable bonds is 7. The molecule has 2 rings (SSSR count). The molecule has 0 aliphatic heterocycles. The first-order valence-corrected chi connectivity index (χ1v) is 9.51. The zero-order valence-corrected chi connectivity index (χ0v) is 15.1. The zero-order valence-electron chi connectivity index (χ0n) is 13.5. The Morgan fingerprint density at radius 2 is 1.78 bits per heavy atom. The van der Waals surface area contributed by atoms with Crippen LogP contribution in [0.25, 0.3) is 0 Å². The lowest BCUT2D eigenvalue weighted by molar-refractivity contribution is 0.327. The van der Waals surface area contributed by atoms with E-state index < -0.39 is 10.0 Å². The first kappa shape index (κ1) is 18.1. The Morgan fingerprint density at radius 1 is 1.09 bits per heavy atom. The highest BCUT2D eigenvalue weighted by atomic mass is 32.2.